The van der Waals surface area contributed by atoms with E-state index in [2.05, 4.69) is 23.5 Å². The van der Waals surface area contributed by atoms with Crippen molar-refractivity contribution in [2.45, 2.75) is 25.3 Å². The van der Waals surface area contributed by atoms with Gasteiger partial charge in [0.15, 0.2) is 0 Å². The Hall–Kier alpha value is -1.51. The Morgan fingerprint density at radius 2 is 1.86 bits per heavy atom. The standard InChI is InChI=1S/C18H20ClNO/c19-17-13-15(14-5-2-1-3-6-14)7-10-18(17)21-12-4-11-20-16-8-9-16/h1-3,5-7,10,13,16,20H,4,8-9,11-12H2. The smallest absolute Gasteiger partial charge is 0.137 e. The van der Waals surface area contributed by atoms with Crippen LogP contribution in [-0.2, 0) is 0 Å². The lowest BCUT2D eigenvalue weighted by Crippen LogP contribution is -2.19. The summed E-state index contributed by atoms with van der Waals surface area (Å²) in [5, 5.41) is 4.15. The molecule has 0 saturated heterocycles. The summed E-state index contributed by atoms with van der Waals surface area (Å²) >= 11 is 6.31. The van der Waals surface area contributed by atoms with Crippen LogP contribution in [0.25, 0.3) is 11.1 Å². The zero-order valence-corrected chi connectivity index (χ0v) is 12.8. The van der Waals surface area contributed by atoms with Crippen molar-refractivity contribution in [1.29, 1.82) is 0 Å². The molecule has 2 nitrogen and oxygen atoms in total. The molecule has 1 aliphatic carbocycles. The summed E-state index contributed by atoms with van der Waals surface area (Å²) in [5.74, 6) is 0.766. The topological polar surface area (TPSA) is 21.3 Å². The maximum absolute atomic E-state index is 6.31. The summed E-state index contributed by atoms with van der Waals surface area (Å²) < 4.78 is 5.76. The van der Waals surface area contributed by atoms with Crippen LogP contribution in [0.15, 0.2) is 48.5 Å². The SMILES string of the molecule is Clc1cc(-c2ccccc2)ccc1OCCCNC1CC1. The number of ether oxygens (including phenoxy) is 1. The molecule has 0 aliphatic heterocycles. The van der Waals surface area contributed by atoms with Crippen molar-refractivity contribution in [3.8, 4) is 16.9 Å². The number of hydrogen-bond donors (Lipinski definition) is 1. The van der Waals surface area contributed by atoms with Crippen LogP contribution in [-0.4, -0.2) is 19.2 Å². The van der Waals surface area contributed by atoms with Gasteiger partial charge in [0, 0.05) is 6.04 Å². The van der Waals surface area contributed by atoms with E-state index in [0.717, 1.165) is 30.3 Å². The average Bonchev–Trinajstić information content (AvgIpc) is 3.33. The number of rotatable bonds is 7. The molecule has 0 unspecified atom stereocenters. The normalized spacial score (nSPS) is 14.1. The van der Waals surface area contributed by atoms with Gasteiger partial charge >= 0.3 is 0 Å². The molecule has 1 aliphatic rings. The van der Waals surface area contributed by atoms with Crippen molar-refractivity contribution in [2.75, 3.05) is 13.2 Å². The fraction of sp³-hybridized carbons (Fsp3) is 0.333. The van der Waals surface area contributed by atoms with Crippen molar-refractivity contribution in [3.05, 3.63) is 53.6 Å². The highest BCUT2D eigenvalue weighted by atomic mass is 35.5. The third kappa shape index (κ3) is 4.23. The lowest BCUT2D eigenvalue weighted by molar-refractivity contribution is 0.308. The Kier molecular flexibility index (Phi) is 4.79. The van der Waals surface area contributed by atoms with Crippen LogP contribution in [0.5, 0.6) is 5.75 Å². The summed E-state index contributed by atoms with van der Waals surface area (Å²) in [6.07, 6.45) is 3.66. The molecule has 2 aromatic carbocycles. The van der Waals surface area contributed by atoms with Gasteiger partial charge in [-0.1, -0.05) is 48.0 Å². The minimum Gasteiger partial charge on any atom is -0.492 e. The van der Waals surface area contributed by atoms with E-state index in [1.807, 2.05) is 30.3 Å². The molecule has 1 N–H and O–H groups in total. The van der Waals surface area contributed by atoms with E-state index in [9.17, 15) is 0 Å². The van der Waals surface area contributed by atoms with E-state index in [-0.39, 0.29) is 0 Å². The maximum atomic E-state index is 6.31. The molecular weight excluding hydrogens is 282 g/mol. The van der Waals surface area contributed by atoms with Crippen LogP contribution in [0.3, 0.4) is 0 Å². The van der Waals surface area contributed by atoms with Gasteiger partial charge in [-0.05, 0) is 49.1 Å². The summed E-state index contributed by atoms with van der Waals surface area (Å²) in [4.78, 5) is 0. The van der Waals surface area contributed by atoms with Gasteiger partial charge < -0.3 is 10.1 Å². The van der Waals surface area contributed by atoms with Crippen LogP contribution in [0.4, 0.5) is 0 Å². The second-order valence-electron chi connectivity index (χ2n) is 5.44. The quantitative estimate of drug-likeness (QED) is 0.759. The maximum Gasteiger partial charge on any atom is 0.137 e. The molecule has 2 aromatic rings. The molecular formula is C18H20ClNO. The third-order valence-electron chi connectivity index (χ3n) is 3.63. The lowest BCUT2D eigenvalue weighted by Gasteiger charge is -2.10. The first-order chi connectivity index (χ1) is 10.3. The largest absolute Gasteiger partial charge is 0.492 e. The van der Waals surface area contributed by atoms with E-state index < -0.39 is 0 Å². The Morgan fingerprint density at radius 1 is 1.05 bits per heavy atom. The minimum atomic E-state index is 0.673. The highest BCUT2D eigenvalue weighted by molar-refractivity contribution is 6.32. The zero-order valence-electron chi connectivity index (χ0n) is 12.0. The second-order valence-corrected chi connectivity index (χ2v) is 5.85. The van der Waals surface area contributed by atoms with E-state index in [1.54, 1.807) is 0 Å². The number of halogens is 1. The molecule has 3 rings (SSSR count). The third-order valence-corrected chi connectivity index (χ3v) is 3.92. The van der Waals surface area contributed by atoms with E-state index >= 15 is 0 Å². The number of hydrogen-bond acceptors (Lipinski definition) is 2. The number of benzene rings is 2. The fourth-order valence-electron chi connectivity index (χ4n) is 2.28. The molecule has 1 fully saturated rings. The van der Waals surface area contributed by atoms with E-state index in [0.29, 0.717) is 11.6 Å². The monoisotopic (exact) mass is 301 g/mol. The van der Waals surface area contributed by atoms with E-state index in [4.69, 9.17) is 16.3 Å². The summed E-state index contributed by atoms with van der Waals surface area (Å²) in [6.45, 7) is 1.72. The van der Waals surface area contributed by atoms with Gasteiger partial charge in [-0.25, -0.2) is 0 Å². The predicted molar refractivity (Wildman–Crippen MR) is 88.0 cm³/mol. The zero-order chi connectivity index (χ0) is 14.5. The van der Waals surface area contributed by atoms with Gasteiger partial charge in [-0.2, -0.15) is 0 Å². The minimum absolute atomic E-state index is 0.673. The van der Waals surface area contributed by atoms with Crippen LogP contribution in [0.2, 0.25) is 5.02 Å². The highest BCUT2D eigenvalue weighted by Crippen LogP contribution is 2.30. The molecule has 0 heterocycles. The summed E-state index contributed by atoms with van der Waals surface area (Å²) in [6, 6.07) is 17.0. The lowest BCUT2D eigenvalue weighted by atomic mass is 10.1. The Balaban J connectivity index is 1.54. The molecule has 0 bridgehead atoms. The Labute approximate surface area is 131 Å². The van der Waals surface area contributed by atoms with Crippen molar-refractivity contribution >= 4 is 11.6 Å². The number of nitrogens with one attached hydrogen (secondary N) is 1. The fourth-order valence-corrected chi connectivity index (χ4v) is 2.51. The summed E-state index contributed by atoms with van der Waals surface area (Å²) in [5.41, 5.74) is 2.28. The molecule has 21 heavy (non-hydrogen) atoms. The average molecular weight is 302 g/mol. The van der Waals surface area contributed by atoms with Gasteiger partial charge in [0.2, 0.25) is 0 Å². The molecule has 0 aromatic heterocycles. The van der Waals surface area contributed by atoms with Crippen molar-refractivity contribution in [1.82, 2.24) is 5.32 Å². The van der Waals surface area contributed by atoms with Crippen molar-refractivity contribution < 1.29 is 4.74 Å². The van der Waals surface area contributed by atoms with Gasteiger partial charge in [-0.15, -0.1) is 0 Å². The van der Waals surface area contributed by atoms with Crippen LogP contribution < -0.4 is 10.1 Å². The molecule has 0 amide bonds. The second kappa shape index (κ2) is 6.97. The van der Waals surface area contributed by atoms with Gasteiger partial charge in [0.1, 0.15) is 5.75 Å². The Bertz CT molecular complexity index is 581. The molecule has 110 valence electrons. The van der Waals surface area contributed by atoms with Gasteiger partial charge in [-0.3, -0.25) is 0 Å². The molecule has 0 atom stereocenters. The summed E-state index contributed by atoms with van der Waals surface area (Å²) in [7, 11) is 0. The first-order valence-electron chi connectivity index (χ1n) is 7.54. The predicted octanol–water partition coefficient (Wildman–Crippen LogP) is 4.53. The first-order valence-corrected chi connectivity index (χ1v) is 7.92. The Morgan fingerprint density at radius 3 is 2.57 bits per heavy atom. The molecule has 0 spiro atoms. The van der Waals surface area contributed by atoms with E-state index in [1.165, 1.54) is 18.4 Å². The first kappa shape index (κ1) is 14.4. The van der Waals surface area contributed by atoms with Gasteiger partial charge in [0.05, 0.1) is 11.6 Å². The van der Waals surface area contributed by atoms with Crippen LogP contribution in [0.1, 0.15) is 19.3 Å². The molecule has 3 heteroatoms. The highest BCUT2D eigenvalue weighted by Gasteiger charge is 2.19. The van der Waals surface area contributed by atoms with Crippen molar-refractivity contribution in [2.24, 2.45) is 0 Å². The van der Waals surface area contributed by atoms with Crippen molar-refractivity contribution in [3.63, 3.8) is 0 Å². The van der Waals surface area contributed by atoms with Gasteiger partial charge in [0.25, 0.3) is 0 Å². The van der Waals surface area contributed by atoms with Crippen LogP contribution >= 0.6 is 11.6 Å². The van der Waals surface area contributed by atoms with Crippen LogP contribution in [0, 0.1) is 0 Å². The molecule has 0 radical (unpaired) electrons. The molecule has 1 saturated carbocycles.